The normalized spacial score (nSPS) is 28.0. The molecule has 0 unspecified atom stereocenters. The number of alkyl halides is 2. The van der Waals surface area contributed by atoms with Crippen LogP contribution in [0.25, 0.3) is 0 Å². The van der Waals surface area contributed by atoms with Crippen molar-refractivity contribution in [2.45, 2.75) is 38.0 Å². The Hall–Kier alpha value is -1.36. The van der Waals surface area contributed by atoms with E-state index >= 15 is 0 Å². The third kappa shape index (κ3) is 4.70. The Labute approximate surface area is 171 Å². The fourth-order valence-electron chi connectivity index (χ4n) is 2.79. The molecule has 29 heavy (non-hydrogen) atoms. The van der Waals surface area contributed by atoms with E-state index in [9.17, 15) is 23.2 Å². The first-order valence-corrected chi connectivity index (χ1v) is 10.9. The van der Waals surface area contributed by atoms with Crippen LogP contribution in [0.5, 0.6) is 0 Å². The summed E-state index contributed by atoms with van der Waals surface area (Å²) in [7, 11) is -2.80. The van der Waals surface area contributed by atoms with Gasteiger partial charge in [-0.05, 0) is 26.0 Å². The molecule has 1 saturated heterocycles. The highest BCUT2D eigenvalue weighted by Crippen LogP contribution is 2.58. The molecule has 2 rings (SSSR count). The molecular weight excluding hydrogens is 435 g/mol. The highest BCUT2D eigenvalue weighted by Gasteiger charge is 2.56. The van der Waals surface area contributed by atoms with Crippen LogP contribution >= 0.6 is 19.2 Å². The number of aliphatic hydroxyl groups is 1. The second-order valence-electron chi connectivity index (χ2n) is 6.04. The molecule has 0 bridgehead atoms. The van der Waals surface area contributed by atoms with Gasteiger partial charge in [-0.25, -0.2) is 9.18 Å². The van der Waals surface area contributed by atoms with Gasteiger partial charge in [-0.2, -0.15) is 9.37 Å². The smallest absolute Gasteiger partial charge is 0.386 e. The molecule has 9 nitrogen and oxygen atoms in total. The minimum Gasteiger partial charge on any atom is -0.386 e. The lowest BCUT2D eigenvalue weighted by atomic mass is 9.98. The van der Waals surface area contributed by atoms with E-state index in [1.807, 2.05) is 0 Å². The number of halogens is 3. The minimum atomic E-state index is -4.34. The van der Waals surface area contributed by atoms with Crippen molar-refractivity contribution in [2.75, 3.05) is 31.5 Å². The van der Waals surface area contributed by atoms with Gasteiger partial charge in [0.25, 0.3) is 0 Å². The van der Waals surface area contributed by atoms with E-state index in [1.54, 1.807) is 7.05 Å². The van der Waals surface area contributed by atoms with Crippen LogP contribution in [0.2, 0.25) is 0 Å². The van der Waals surface area contributed by atoms with Gasteiger partial charge < -0.3 is 24.2 Å². The Balaban J connectivity index is 2.45. The zero-order valence-corrected chi connectivity index (χ0v) is 17.7. The molecule has 4 atom stereocenters. The number of ether oxygens (including phenoxy) is 1. The van der Waals surface area contributed by atoms with Crippen molar-refractivity contribution in [3.63, 3.8) is 0 Å². The molecule has 164 valence electrons. The van der Waals surface area contributed by atoms with Crippen molar-refractivity contribution in [3.8, 4) is 0 Å². The van der Waals surface area contributed by atoms with Crippen molar-refractivity contribution < 1.29 is 32.2 Å². The molecule has 0 saturated carbocycles. The lowest BCUT2D eigenvalue weighted by Gasteiger charge is -2.27. The maximum absolute atomic E-state index is 14.8. The number of aliphatic hydroxyl groups excluding tert-OH is 1. The lowest BCUT2D eigenvalue weighted by molar-refractivity contribution is -0.0616. The highest BCUT2D eigenvalue weighted by molar-refractivity contribution is 7.58. The number of hydrogen-bond donors (Lipinski definition) is 2. The molecule has 1 aromatic rings. The van der Waals surface area contributed by atoms with Crippen LogP contribution in [-0.2, 0) is 18.3 Å². The molecular formula is C16H23ClF2N3O6P. The van der Waals surface area contributed by atoms with Gasteiger partial charge in [0.05, 0.1) is 19.1 Å². The molecule has 0 aromatic carbocycles. The SMILES string of the molecule is CCOP(=O)(OCC)/C(F)=C\[C@@]1(CCl)O[C@@H](n2ccc(NC)nc2=O)[C@H](F)[C@@H]1O. The number of hydrogen-bond acceptors (Lipinski definition) is 8. The summed E-state index contributed by atoms with van der Waals surface area (Å²) in [6, 6.07) is 1.39. The molecule has 0 amide bonds. The zero-order valence-electron chi connectivity index (χ0n) is 16.0. The summed E-state index contributed by atoms with van der Waals surface area (Å²) in [4.78, 5) is 15.8. The Morgan fingerprint density at radius 3 is 2.62 bits per heavy atom. The zero-order chi connectivity index (χ0) is 21.8. The average molecular weight is 458 g/mol. The molecule has 1 aliphatic heterocycles. The quantitative estimate of drug-likeness (QED) is 0.430. The number of rotatable bonds is 9. The Morgan fingerprint density at radius 1 is 1.52 bits per heavy atom. The van der Waals surface area contributed by atoms with Gasteiger partial charge in [-0.15, -0.1) is 11.6 Å². The average Bonchev–Trinajstić information content (AvgIpc) is 2.93. The minimum absolute atomic E-state index is 0.122. The molecule has 2 heterocycles. The summed E-state index contributed by atoms with van der Waals surface area (Å²) in [5, 5.41) is 13.0. The molecule has 13 heteroatoms. The van der Waals surface area contributed by atoms with E-state index in [0.29, 0.717) is 6.08 Å². The topological polar surface area (TPSA) is 112 Å². The van der Waals surface area contributed by atoms with Crippen molar-refractivity contribution in [1.29, 1.82) is 0 Å². The van der Waals surface area contributed by atoms with Gasteiger partial charge in [-0.1, -0.05) is 0 Å². The van der Waals surface area contributed by atoms with Crippen LogP contribution in [0, 0.1) is 0 Å². The number of anilines is 1. The predicted octanol–water partition coefficient (Wildman–Crippen LogP) is 2.57. The summed E-state index contributed by atoms with van der Waals surface area (Å²) in [6.45, 7) is 2.73. The fraction of sp³-hybridized carbons (Fsp3) is 0.625. The monoisotopic (exact) mass is 457 g/mol. The highest BCUT2D eigenvalue weighted by atomic mass is 35.5. The summed E-state index contributed by atoms with van der Waals surface area (Å²) in [5.74, 6) is -0.364. The van der Waals surface area contributed by atoms with Crippen LogP contribution < -0.4 is 11.0 Å². The second-order valence-corrected chi connectivity index (χ2v) is 8.24. The predicted molar refractivity (Wildman–Crippen MR) is 103 cm³/mol. The largest absolute Gasteiger partial charge is 0.389 e. The van der Waals surface area contributed by atoms with Crippen LogP contribution in [0.4, 0.5) is 14.6 Å². The van der Waals surface area contributed by atoms with Gasteiger partial charge in [0.15, 0.2) is 12.4 Å². The standard InChI is InChI=1S/C16H23ClF2N3O6P/c1-4-26-29(25,27-5-2)10(18)8-16(9-17)13(23)12(19)14(28-16)22-7-6-11(20-3)21-15(22)24/h6-8,12-14,23H,4-5,9H2,1-3H3,(H,20,21,24)/b10-8-/t12-,13+,14-,16+/m1/s1. The molecule has 0 aliphatic carbocycles. The van der Waals surface area contributed by atoms with Gasteiger partial charge in [-0.3, -0.25) is 9.13 Å². The summed E-state index contributed by atoms with van der Waals surface area (Å²) in [6.07, 6.45) is -3.97. The van der Waals surface area contributed by atoms with E-state index in [4.69, 9.17) is 25.4 Å². The third-order valence-corrected chi connectivity index (χ3v) is 6.47. The molecule has 1 aromatic heterocycles. The van der Waals surface area contributed by atoms with E-state index in [1.165, 1.54) is 26.1 Å². The van der Waals surface area contributed by atoms with E-state index < -0.39 is 48.8 Å². The summed E-state index contributed by atoms with van der Waals surface area (Å²) >= 11 is 5.87. The maximum Gasteiger partial charge on any atom is 0.389 e. The first-order chi connectivity index (χ1) is 13.7. The van der Waals surface area contributed by atoms with E-state index in [2.05, 4.69) is 10.3 Å². The molecule has 1 fully saturated rings. The summed E-state index contributed by atoms with van der Waals surface area (Å²) in [5.41, 5.74) is -4.37. The van der Waals surface area contributed by atoms with Gasteiger partial charge >= 0.3 is 13.3 Å². The number of nitrogens with zero attached hydrogens (tertiary/aromatic N) is 2. The van der Waals surface area contributed by atoms with Crippen LogP contribution in [0.3, 0.4) is 0 Å². The first-order valence-electron chi connectivity index (χ1n) is 8.78. The number of nitrogens with one attached hydrogen (secondary N) is 1. The van der Waals surface area contributed by atoms with Crippen molar-refractivity contribution in [1.82, 2.24) is 9.55 Å². The third-order valence-electron chi connectivity index (χ3n) is 4.21. The van der Waals surface area contributed by atoms with Crippen molar-refractivity contribution in [3.05, 3.63) is 34.4 Å². The van der Waals surface area contributed by atoms with Gasteiger partial charge in [0.1, 0.15) is 17.5 Å². The van der Waals surface area contributed by atoms with Crippen molar-refractivity contribution in [2.24, 2.45) is 0 Å². The second kappa shape index (κ2) is 9.63. The van der Waals surface area contributed by atoms with Crippen LogP contribution in [-0.4, -0.2) is 58.7 Å². The lowest BCUT2D eigenvalue weighted by Crippen LogP contribution is -2.42. The van der Waals surface area contributed by atoms with Crippen LogP contribution in [0.1, 0.15) is 20.1 Å². The fourth-order valence-corrected chi connectivity index (χ4v) is 4.47. The Kier molecular flexibility index (Phi) is 7.94. The molecule has 0 radical (unpaired) electrons. The van der Waals surface area contributed by atoms with E-state index in [0.717, 1.165) is 4.57 Å². The van der Waals surface area contributed by atoms with Gasteiger partial charge in [0.2, 0.25) is 5.57 Å². The molecule has 1 aliphatic rings. The molecule has 0 spiro atoms. The first kappa shape index (κ1) is 23.9. The Bertz CT molecular complexity index is 846. The van der Waals surface area contributed by atoms with Gasteiger partial charge in [0, 0.05) is 13.2 Å². The molecule has 2 N–H and O–H groups in total. The van der Waals surface area contributed by atoms with E-state index in [-0.39, 0.29) is 19.0 Å². The maximum atomic E-state index is 14.8. The summed E-state index contributed by atoms with van der Waals surface area (Å²) < 4.78 is 58.3. The Morgan fingerprint density at radius 2 is 2.14 bits per heavy atom. The van der Waals surface area contributed by atoms with Crippen LogP contribution in [0.15, 0.2) is 28.7 Å². The number of aromatic nitrogens is 2. The van der Waals surface area contributed by atoms with Crippen molar-refractivity contribution >= 4 is 25.0 Å².